The van der Waals surface area contributed by atoms with Crippen molar-refractivity contribution in [2.24, 2.45) is 5.92 Å². The maximum atomic E-state index is 13.0. The van der Waals surface area contributed by atoms with Gasteiger partial charge in [-0.05, 0) is 25.1 Å². The molecule has 1 fully saturated rings. The fraction of sp³-hybridized carbons (Fsp3) is 0.417. The Kier molecular flexibility index (Phi) is 5.22. The number of carbonyl (C=O) groups is 1. The van der Waals surface area contributed by atoms with Crippen LogP contribution in [0.2, 0.25) is 5.02 Å². The molecule has 2 atom stereocenters. The number of anilines is 1. The molecule has 1 saturated heterocycles. The molecule has 22 heavy (non-hydrogen) atoms. The minimum Gasteiger partial charge on any atom is -0.466 e. The minimum absolute atomic E-state index is 0.0272. The van der Waals surface area contributed by atoms with Gasteiger partial charge in [-0.3, -0.25) is 14.9 Å². The zero-order valence-electron chi connectivity index (χ0n) is 11.6. The maximum absolute atomic E-state index is 13.0. The number of halogens is 2. The van der Waals surface area contributed by atoms with Gasteiger partial charge >= 0.3 is 5.97 Å². The van der Waals surface area contributed by atoms with E-state index >= 15 is 0 Å². The molecule has 1 aliphatic heterocycles. The number of hydrazine groups is 1. The predicted molar refractivity (Wildman–Crippen MR) is 79.0 cm³/mol. The highest BCUT2D eigenvalue weighted by molar-refractivity contribution is 7.93. The van der Waals surface area contributed by atoms with Crippen molar-refractivity contribution in [3.63, 3.8) is 0 Å². The summed E-state index contributed by atoms with van der Waals surface area (Å²) < 4.78 is 44.9. The number of ether oxygens (including phenoxy) is 1. The zero-order valence-corrected chi connectivity index (χ0v) is 13.2. The number of esters is 1. The van der Waals surface area contributed by atoms with E-state index in [1.165, 1.54) is 6.07 Å². The Morgan fingerprint density at radius 2 is 2.27 bits per heavy atom. The molecule has 1 aromatic rings. The van der Waals surface area contributed by atoms with E-state index in [0.29, 0.717) is 0 Å². The summed E-state index contributed by atoms with van der Waals surface area (Å²) in [5.41, 5.74) is 5.16. The maximum Gasteiger partial charge on any atom is 0.313 e. The summed E-state index contributed by atoms with van der Waals surface area (Å²) >= 11 is 5.80. The first kappa shape index (κ1) is 16.9. The second kappa shape index (κ2) is 6.78. The molecule has 0 aromatic heterocycles. The van der Waals surface area contributed by atoms with Crippen LogP contribution in [0.25, 0.3) is 0 Å². The van der Waals surface area contributed by atoms with Gasteiger partial charge in [-0.1, -0.05) is 11.6 Å². The summed E-state index contributed by atoms with van der Waals surface area (Å²) in [7, 11) is -3.99. The fourth-order valence-electron chi connectivity index (χ4n) is 2.02. The molecule has 0 aliphatic carbocycles. The summed E-state index contributed by atoms with van der Waals surface area (Å²) in [5.74, 6) is -2.12. The van der Waals surface area contributed by atoms with E-state index in [-0.39, 0.29) is 23.9 Å². The van der Waals surface area contributed by atoms with Crippen LogP contribution in [-0.4, -0.2) is 32.9 Å². The van der Waals surface area contributed by atoms with E-state index in [1.807, 2.05) is 0 Å². The van der Waals surface area contributed by atoms with Gasteiger partial charge in [0.2, 0.25) is 0 Å². The van der Waals surface area contributed by atoms with Crippen LogP contribution in [0.1, 0.15) is 6.92 Å². The number of hydrogen-bond donors (Lipinski definition) is 3. The Morgan fingerprint density at radius 3 is 2.91 bits per heavy atom. The molecule has 0 saturated carbocycles. The number of rotatable bonds is 5. The first-order valence-corrected chi connectivity index (χ1v) is 8.39. The molecule has 122 valence electrons. The monoisotopic (exact) mass is 351 g/mol. The lowest BCUT2D eigenvalue weighted by molar-refractivity contribution is -0.147. The van der Waals surface area contributed by atoms with Crippen LogP contribution in [0.4, 0.5) is 10.1 Å². The third-order valence-electron chi connectivity index (χ3n) is 3.04. The largest absolute Gasteiger partial charge is 0.466 e. The van der Waals surface area contributed by atoms with Crippen molar-refractivity contribution in [3.8, 4) is 0 Å². The van der Waals surface area contributed by atoms with Gasteiger partial charge in [0.15, 0.2) is 5.37 Å². The third-order valence-corrected chi connectivity index (χ3v) is 4.97. The number of benzene rings is 1. The molecule has 1 heterocycles. The summed E-state index contributed by atoms with van der Waals surface area (Å²) in [4.78, 5) is 11.8. The Hall–Kier alpha value is -1.42. The smallest absolute Gasteiger partial charge is 0.313 e. The van der Waals surface area contributed by atoms with Gasteiger partial charge in [0.05, 0.1) is 17.3 Å². The van der Waals surface area contributed by atoms with Gasteiger partial charge < -0.3 is 4.74 Å². The molecule has 1 aromatic carbocycles. The van der Waals surface area contributed by atoms with Crippen molar-refractivity contribution < 1.29 is 22.3 Å². The number of carbonyl (C=O) groups excluding carboxylic acids is 1. The highest BCUT2D eigenvalue weighted by Crippen LogP contribution is 2.26. The van der Waals surface area contributed by atoms with Gasteiger partial charge in [-0.15, -0.1) is 0 Å². The molecule has 3 N–H and O–H groups in total. The average molecular weight is 352 g/mol. The lowest BCUT2D eigenvalue weighted by Crippen LogP contribution is -2.44. The van der Waals surface area contributed by atoms with E-state index in [1.54, 1.807) is 6.92 Å². The van der Waals surface area contributed by atoms with Crippen molar-refractivity contribution in [2.75, 3.05) is 17.9 Å². The quantitative estimate of drug-likeness (QED) is 0.680. The van der Waals surface area contributed by atoms with E-state index in [0.717, 1.165) is 12.1 Å². The number of hydrogen-bond acceptors (Lipinski definition) is 6. The van der Waals surface area contributed by atoms with Crippen molar-refractivity contribution in [1.29, 1.82) is 0 Å². The standard InChI is InChI=1S/C12H15ClFN3O4S/c1-2-21-12(18)8-6-15-16-11(8)22(19,20)17-10-4-3-7(14)5-9(10)13/h3-5,8,11,15-17H,2,6H2,1H3. The van der Waals surface area contributed by atoms with Crippen molar-refractivity contribution in [3.05, 3.63) is 29.0 Å². The normalized spacial score (nSPS) is 21.6. The molecule has 1 aliphatic rings. The van der Waals surface area contributed by atoms with Crippen LogP contribution in [0.5, 0.6) is 0 Å². The summed E-state index contributed by atoms with van der Waals surface area (Å²) in [5, 5.41) is -1.31. The lowest BCUT2D eigenvalue weighted by atomic mass is 10.2. The number of sulfonamides is 1. The molecule has 0 bridgehead atoms. The van der Waals surface area contributed by atoms with Gasteiger partial charge in [0, 0.05) is 6.54 Å². The first-order valence-electron chi connectivity index (χ1n) is 6.47. The Bertz CT molecular complexity index is 670. The Labute approximate surface area is 132 Å². The van der Waals surface area contributed by atoms with E-state index in [9.17, 15) is 17.6 Å². The van der Waals surface area contributed by atoms with Crippen LogP contribution in [0.3, 0.4) is 0 Å². The van der Waals surface area contributed by atoms with E-state index in [2.05, 4.69) is 15.6 Å². The average Bonchev–Trinajstić information content (AvgIpc) is 2.92. The second-order valence-corrected chi connectivity index (χ2v) is 6.78. The third kappa shape index (κ3) is 3.67. The highest BCUT2D eigenvalue weighted by atomic mass is 35.5. The van der Waals surface area contributed by atoms with Crippen LogP contribution >= 0.6 is 11.6 Å². The molecule has 2 rings (SSSR count). The zero-order chi connectivity index (χ0) is 16.3. The van der Waals surface area contributed by atoms with Crippen LogP contribution in [0.15, 0.2) is 18.2 Å². The lowest BCUT2D eigenvalue weighted by Gasteiger charge is -2.19. The van der Waals surface area contributed by atoms with E-state index in [4.69, 9.17) is 16.3 Å². The topological polar surface area (TPSA) is 96.5 Å². The summed E-state index contributed by atoms with van der Waals surface area (Å²) in [6, 6.07) is 3.27. The Balaban J connectivity index is 2.20. The van der Waals surface area contributed by atoms with Crippen LogP contribution < -0.4 is 15.6 Å². The first-order chi connectivity index (χ1) is 10.3. The molecular formula is C12H15ClFN3O4S. The molecule has 0 radical (unpaired) electrons. The molecular weight excluding hydrogens is 337 g/mol. The molecule has 7 nitrogen and oxygen atoms in total. The molecule has 0 amide bonds. The predicted octanol–water partition coefficient (Wildman–Crippen LogP) is 0.834. The highest BCUT2D eigenvalue weighted by Gasteiger charge is 2.42. The summed E-state index contributed by atoms with van der Waals surface area (Å²) in [6.07, 6.45) is 0. The van der Waals surface area contributed by atoms with Crippen molar-refractivity contribution in [2.45, 2.75) is 12.3 Å². The minimum atomic E-state index is -3.99. The van der Waals surface area contributed by atoms with Crippen molar-refractivity contribution in [1.82, 2.24) is 10.9 Å². The Morgan fingerprint density at radius 1 is 1.55 bits per heavy atom. The molecule has 10 heteroatoms. The second-order valence-electron chi connectivity index (χ2n) is 4.58. The number of nitrogens with one attached hydrogen (secondary N) is 3. The van der Waals surface area contributed by atoms with Crippen molar-refractivity contribution >= 4 is 33.3 Å². The van der Waals surface area contributed by atoms with Crippen LogP contribution in [0, 0.1) is 11.7 Å². The van der Waals surface area contributed by atoms with Crippen LogP contribution in [-0.2, 0) is 19.6 Å². The SMILES string of the molecule is CCOC(=O)C1CNNC1S(=O)(=O)Nc1ccc(F)cc1Cl. The molecule has 0 spiro atoms. The van der Waals surface area contributed by atoms with E-state index < -0.39 is 33.1 Å². The van der Waals surface area contributed by atoms with Gasteiger partial charge in [0.25, 0.3) is 10.0 Å². The van der Waals surface area contributed by atoms with Gasteiger partial charge in [0.1, 0.15) is 11.7 Å². The fourth-order valence-corrected chi connectivity index (χ4v) is 3.78. The van der Waals surface area contributed by atoms with Gasteiger partial charge in [-0.25, -0.2) is 18.2 Å². The van der Waals surface area contributed by atoms with Gasteiger partial charge in [-0.2, -0.15) is 0 Å². The molecule has 2 unspecified atom stereocenters. The summed E-state index contributed by atoms with van der Waals surface area (Å²) in [6.45, 7) is 1.90.